The van der Waals surface area contributed by atoms with Gasteiger partial charge in [-0.1, -0.05) is 48.5 Å². The molecule has 0 N–H and O–H groups in total. The van der Waals surface area contributed by atoms with E-state index in [-0.39, 0.29) is 30.6 Å². The summed E-state index contributed by atoms with van der Waals surface area (Å²) in [6.45, 7) is 1.98. The third-order valence-electron chi connectivity index (χ3n) is 5.67. The minimum atomic E-state index is -0.104. The number of aromatic nitrogens is 3. The van der Waals surface area contributed by atoms with E-state index in [1.165, 1.54) is 6.33 Å². The average molecular weight is 412 g/mol. The van der Waals surface area contributed by atoms with Gasteiger partial charge in [-0.2, -0.15) is 5.10 Å². The second-order valence-corrected chi connectivity index (χ2v) is 7.60. The van der Waals surface area contributed by atoms with Gasteiger partial charge in [0, 0.05) is 25.5 Å². The van der Waals surface area contributed by atoms with E-state index in [0.717, 1.165) is 22.0 Å². The van der Waals surface area contributed by atoms with Gasteiger partial charge in [-0.05, 0) is 41.5 Å². The molecule has 156 valence electrons. The highest BCUT2D eigenvalue weighted by molar-refractivity contribution is 6.01. The van der Waals surface area contributed by atoms with Crippen LogP contribution >= 0.6 is 0 Å². The smallest absolute Gasteiger partial charge is 0.223 e. The number of hydrogen-bond donors (Lipinski definition) is 0. The molecule has 0 radical (unpaired) electrons. The molecule has 3 aromatic carbocycles. The van der Waals surface area contributed by atoms with Crippen molar-refractivity contribution in [1.82, 2.24) is 19.7 Å². The monoisotopic (exact) mass is 412 g/mol. The number of rotatable bonds is 7. The zero-order valence-corrected chi connectivity index (χ0v) is 17.6. The van der Waals surface area contributed by atoms with Crippen molar-refractivity contribution in [3.05, 3.63) is 90.5 Å². The first kappa shape index (κ1) is 20.5. The van der Waals surface area contributed by atoms with E-state index < -0.39 is 0 Å². The maximum absolute atomic E-state index is 12.7. The Hall–Kier alpha value is -3.80. The summed E-state index contributed by atoms with van der Waals surface area (Å²) < 4.78 is 1.68. The molecule has 31 heavy (non-hydrogen) atoms. The number of ketones is 1. The van der Waals surface area contributed by atoms with Crippen LogP contribution in [-0.2, 0) is 4.79 Å². The van der Waals surface area contributed by atoms with Crippen LogP contribution in [-0.4, -0.2) is 38.4 Å². The number of hydrogen-bond acceptors (Lipinski definition) is 4. The van der Waals surface area contributed by atoms with Crippen LogP contribution in [0, 0.1) is 0 Å². The Labute approximate surface area is 181 Å². The molecule has 0 saturated carbocycles. The van der Waals surface area contributed by atoms with Crippen LogP contribution in [0.15, 0.2) is 79.4 Å². The van der Waals surface area contributed by atoms with Crippen LogP contribution < -0.4 is 0 Å². The molecule has 0 fully saturated rings. The van der Waals surface area contributed by atoms with Gasteiger partial charge in [0.2, 0.25) is 5.91 Å². The highest BCUT2D eigenvalue weighted by atomic mass is 16.2. The number of carbonyl (C=O) groups excluding carboxylic acids is 2. The van der Waals surface area contributed by atoms with Gasteiger partial charge in [-0.3, -0.25) is 9.59 Å². The Bertz CT molecular complexity index is 1200. The molecule has 6 nitrogen and oxygen atoms in total. The topological polar surface area (TPSA) is 68.1 Å². The number of benzene rings is 3. The molecule has 4 rings (SSSR count). The van der Waals surface area contributed by atoms with Crippen molar-refractivity contribution in [3.63, 3.8) is 0 Å². The van der Waals surface area contributed by atoms with Crippen LogP contribution in [0.1, 0.15) is 41.7 Å². The van der Waals surface area contributed by atoms with Gasteiger partial charge in [0.1, 0.15) is 12.7 Å². The normalized spacial score (nSPS) is 11.9. The molecule has 4 aromatic rings. The van der Waals surface area contributed by atoms with Crippen molar-refractivity contribution in [2.45, 2.75) is 25.8 Å². The lowest BCUT2D eigenvalue weighted by atomic mass is 10.0. The fourth-order valence-corrected chi connectivity index (χ4v) is 3.59. The van der Waals surface area contributed by atoms with Gasteiger partial charge in [-0.15, -0.1) is 0 Å². The second-order valence-electron chi connectivity index (χ2n) is 7.60. The Kier molecular flexibility index (Phi) is 5.89. The Morgan fingerprint density at radius 3 is 2.42 bits per heavy atom. The highest BCUT2D eigenvalue weighted by Gasteiger charge is 2.19. The number of Topliss-reactive ketones (excluding diaryl/α,β-unsaturated/α-hetero) is 1. The maximum Gasteiger partial charge on any atom is 0.223 e. The standard InChI is InChI=1S/C25H24N4O2/c1-18(19-9-11-23(12-10-19)29-17-26-16-27-29)28(2)25(31)14-13-24(30)22-8-7-20-5-3-4-6-21(20)15-22/h3-12,15-18H,13-14H2,1-2H3/t18-/m1/s1. The Balaban J connectivity index is 1.36. The van der Waals surface area contributed by atoms with E-state index in [4.69, 9.17) is 0 Å². The minimum Gasteiger partial charge on any atom is -0.339 e. The number of carbonyl (C=O) groups is 2. The zero-order chi connectivity index (χ0) is 21.8. The van der Waals surface area contributed by atoms with Crippen molar-refractivity contribution in [2.75, 3.05) is 7.05 Å². The van der Waals surface area contributed by atoms with Crippen molar-refractivity contribution in [1.29, 1.82) is 0 Å². The van der Waals surface area contributed by atoms with Gasteiger partial charge < -0.3 is 4.90 Å². The molecule has 0 spiro atoms. The van der Waals surface area contributed by atoms with Crippen molar-refractivity contribution in [2.24, 2.45) is 0 Å². The first-order valence-electron chi connectivity index (χ1n) is 10.3. The molecule has 1 atom stereocenters. The van der Waals surface area contributed by atoms with Gasteiger partial charge in [0.05, 0.1) is 11.7 Å². The fraction of sp³-hybridized carbons (Fsp3) is 0.200. The summed E-state index contributed by atoms with van der Waals surface area (Å²) in [5.41, 5.74) is 2.56. The van der Waals surface area contributed by atoms with Crippen molar-refractivity contribution < 1.29 is 9.59 Å². The van der Waals surface area contributed by atoms with E-state index in [9.17, 15) is 9.59 Å². The second kappa shape index (κ2) is 8.92. The molecule has 6 heteroatoms. The van der Waals surface area contributed by atoms with Gasteiger partial charge >= 0.3 is 0 Å². The van der Waals surface area contributed by atoms with E-state index >= 15 is 0 Å². The lowest BCUT2D eigenvalue weighted by Gasteiger charge is -2.25. The predicted octanol–water partition coefficient (Wildman–Crippen LogP) is 4.60. The summed E-state index contributed by atoms with van der Waals surface area (Å²) in [6.07, 6.45) is 3.51. The summed E-state index contributed by atoms with van der Waals surface area (Å²) in [7, 11) is 1.78. The Morgan fingerprint density at radius 1 is 0.968 bits per heavy atom. The molecular weight excluding hydrogens is 388 g/mol. The van der Waals surface area contributed by atoms with Crippen molar-refractivity contribution >= 4 is 22.5 Å². The molecule has 0 aliphatic heterocycles. The summed E-state index contributed by atoms with van der Waals surface area (Å²) in [6, 6.07) is 21.3. The van der Waals surface area contributed by atoms with Crippen molar-refractivity contribution in [3.8, 4) is 5.69 Å². The van der Waals surface area contributed by atoms with E-state index in [0.29, 0.717) is 5.56 Å². The molecule has 0 aliphatic rings. The van der Waals surface area contributed by atoms with E-state index in [2.05, 4.69) is 10.1 Å². The fourth-order valence-electron chi connectivity index (χ4n) is 3.59. The van der Waals surface area contributed by atoms with E-state index in [1.807, 2.05) is 73.7 Å². The largest absolute Gasteiger partial charge is 0.339 e. The van der Waals surface area contributed by atoms with Crippen LogP contribution in [0.3, 0.4) is 0 Å². The lowest BCUT2D eigenvalue weighted by Crippen LogP contribution is -2.29. The molecule has 0 saturated heterocycles. The molecule has 0 unspecified atom stereocenters. The zero-order valence-electron chi connectivity index (χ0n) is 17.6. The predicted molar refractivity (Wildman–Crippen MR) is 120 cm³/mol. The first-order valence-corrected chi connectivity index (χ1v) is 10.3. The first-order chi connectivity index (χ1) is 15.0. The third kappa shape index (κ3) is 4.53. The molecule has 1 aromatic heterocycles. The summed E-state index contributed by atoms with van der Waals surface area (Å²) in [5.74, 6) is -0.0701. The van der Waals surface area contributed by atoms with Gasteiger partial charge in [-0.25, -0.2) is 9.67 Å². The van der Waals surface area contributed by atoms with E-state index in [1.54, 1.807) is 23.0 Å². The lowest BCUT2D eigenvalue weighted by molar-refractivity contribution is -0.131. The molecule has 1 heterocycles. The molecule has 0 aliphatic carbocycles. The quantitative estimate of drug-likeness (QED) is 0.416. The minimum absolute atomic E-state index is 0.0164. The third-order valence-corrected chi connectivity index (χ3v) is 5.67. The highest BCUT2D eigenvalue weighted by Crippen LogP contribution is 2.22. The van der Waals surface area contributed by atoms with Crippen LogP contribution in [0.25, 0.3) is 16.5 Å². The molecular formula is C25H24N4O2. The van der Waals surface area contributed by atoms with Gasteiger partial charge in [0.15, 0.2) is 5.78 Å². The number of amides is 1. The number of fused-ring (bicyclic) bond motifs is 1. The van der Waals surface area contributed by atoms with Crippen LogP contribution in [0.4, 0.5) is 0 Å². The molecule has 1 amide bonds. The van der Waals surface area contributed by atoms with Crippen LogP contribution in [0.5, 0.6) is 0 Å². The van der Waals surface area contributed by atoms with Crippen LogP contribution in [0.2, 0.25) is 0 Å². The maximum atomic E-state index is 12.7. The van der Waals surface area contributed by atoms with Gasteiger partial charge in [0.25, 0.3) is 0 Å². The summed E-state index contributed by atoms with van der Waals surface area (Å²) in [4.78, 5) is 31.0. The summed E-state index contributed by atoms with van der Waals surface area (Å²) in [5, 5.41) is 6.24. The SMILES string of the molecule is C[C@H](c1ccc(-n2cncn2)cc1)N(C)C(=O)CCC(=O)c1ccc2ccccc2c1. The summed E-state index contributed by atoms with van der Waals surface area (Å²) >= 11 is 0. The average Bonchev–Trinajstić information content (AvgIpc) is 3.36. The molecule has 0 bridgehead atoms. The number of nitrogens with zero attached hydrogens (tertiary/aromatic N) is 4. The Morgan fingerprint density at radius 2 is 1.71 bits per heavy atom.